The smallest absolute Gasteiger partial charge is 0.138 e. The lowest BCUT2D eigenvalue weighted by molar-refractivity contribution is 0.0696. The van der Waals surface area contributed by atoms with Gasteiger partial charge in [0, 0.05) is 0 Å². The fourth-order valence-electron chi connectivity index (χ4n) is 0.541. The molecule has 0 saturated heterocycles. The quantitative estimate of drug-likeness (QED) is 0.572. The van der Waals surface area contributed by atoms with Crippen LogP contribution in [0.15, 0.2) is 6.20 Å². The monoisotopic (exact) mass is 125 g/mol. The molecular weight excluding hydrogens is 116 g/mol. The van der Waals surface area contributed by atoms with Crippen LogP contribution in [-0.4, -0.2) is 15.1 Å². The molecule has 1 aromatic heterocycles. The molecule has 0 aliphatic rings. The molecule has 0 fully saturated rings. The number of hydrogen-bond acceptors (Lipinski definition) is 2. The predicted octanol–water partition coefficient (Wildman–Crippen LogP) is 0.437. The maximum Gasteiger partial charge on any atom is 0.138 e. The van der Waals surface area contributed by atoms with Crippen LogP contribution in [0.4, 0.5) is 0 Å². The first-order valence-corrected chi connectivity index (χ1v) is 2.74. The molecule has 3 heteroatoms. The molecule has 0 aliphatic heterocycles. The topological polar surface area (TPSA) is 48.9 Å². The van der Waals surface area contributed by atoms with Crippen LogP contribution in [0.3, 0.4) is 0 Å². The largest absolute Gasteiger partial charge is 0.383 e. The Balaban J connectivity index is 2.90. The average molecular weight is 125 g/mol. The van der Waals surface area contributed by atoms with E-state index in [0.29, 0.717) is 5.82 Å². The van der Waals surface area contributed by atoms with Crippen LogP contribution < -0.4 is 0 Å². The molecule has 49 valence electrons. The van der Waals surface area contributed by atoms with Gasteiger partial charge in [-0.05, 0) is 13.8 Å². The van der Waals surface area contributed by atoms with Crippen LogP contribution in [0.1, 0.15) is 19.7 Å². The molecule has 0 spiro atoms. The van der Waals surface area contributed by atoms with Crippen LogP contribution >= 0.6 is 0 Å². The van der Waals surface area contributed by atoms with Crippen molar-refractivity contribution in [1.29, 1.82) is 0 Å². The molecule has 3 nitrogen and oxygen atoms in total. The Morgan fingerprint density at radius 1 is 1.78 bits per heavy atom. The molecule has 0 aromatic carbocycles. The minimum Gasteiger partial charge on any atom is -0.383 e. The number of aromatic nitrogens is 2. The first-order valence-electron chi connectivity index (χ1n) is 2.74. The van der Waals surface area contributed by atoms with E-state index in [1.807, 2.05) is 0 Å². The Morgan fingerprint density at radius 2 is 2.44 bits per heavy atom. The van der Waals surface area contributed by atoms with E-state index in [9.17, 15) is 5.11 Å². The van der Waals surface area contributed by atoms with Gasteiger partial charge in [0.05, 0.1) is 12.4 Å². The fourth-order valence-corrected chi connectivity index (χ4v) is 0.541. The molecule has 0 aliphatic carbocycles. The summed E-state index contributed by atoms with van der Waals surface area (Å²) < 4.78 is 0. The van der Waals surface area contributed by atoms with Gasteiger partial charge in [0.25, 0.3) is 0 Å². The fraction of sp³-hybridized carbons (Fsp3) is 0.500. The lowest BCUT2D eigenvalue weighted by Gasteiger charge is -2.12. The van der Waals surface area contributed by atoms with Crippen molar-refractivity contribution < 1.29 is 5.11 Å². The van der Waals surface area contributed by atoms with Crippen molar-refractivity contribution in [3.05, 3.63) is 18.2 Å². The molecule has 0 amide bonds. The second-order valence-electron chi connectivity index (χ2n) is 2.44. The zero-order valence-electron chi connectivity index (χ0n) is 5.47. The van der Waals surface area contributed by atoms with E-state index in [1.165, 1.54) is 6.20 Å². The maximum atomic E-state index is 9.26. The van der Waals surface area contributed by atoms with Crippen molar-refractivity contribution in [1.82, 2.24) is 9.97 Å². The Morgan fingerprint density at radius 3 is 2.67 bits per heavy atom. The van der Waals surface area contributed by atoms with Gasteiger partial charge in [0.1, 0.15) is 11.4 Å². The maximum absolute atomic E-state index is 9.26. The molecule has 1 rings (SSSR count). The third kappa shape index (κ3) is 1.29. The number of hydrogen-bond donors (Lipinski definition) is 2. The number of rotatable bonds is 1. The second kappa shape index (κ2) is 1.84. The minimum atomic E-state index is -0.875. The third-order valence-corrected chi connectivity index (χ3v) is 1.03. The minimum absolute atomic E-state index is 0.544. The van der Waals surface area contributed by atoms with Gasteiger partial charge in [-0.3, -0.25) is 0 Å². The van der Waals surface area contributed by atoms with E-state index < -0.39 is 5.60 Å². The average Bonchev–Trinajstić information content (AvgIpc) is 2.08. The zero-order chi connectivity index (χ0) is 6.91. The van der Waals surface area contributed by atoms with Crippen LogP contribution in [0.25, 0.3) is 0 Å². The number of aliphatic hydroxyl groups is 1. The summed E-state index contributed by atoms with van der Waals surface area (Å²) in [5, 5.41) is 9.26. The van der Waals surface area contributed by atoms with Crippen LogP contribution in [0, 0.1) is 6.20 Å². The van der Waals surface area contributed by atoms with Crippen molar-refractivity contribution in [2.75, 3.05) is 0 Å². The molecule has 0 unspecified atom stereocenters. The summed E-state index contributed by atoms with van der Waals surface area (Å²) in [6, 6.07) is 0. The highest BCUT2D eigenvalue weighted by Crippen LogP contribution is 2.12. The van der Waals surface area contributed by atoms with Crippen molar-refractivity contribution >= 4 is 0 Å². The molecule has 0 atom stereocenters. The zero-order valence-corrected chi connectivity index (χ0v) is 5.47. The normalized spacial score (nSPS) is 11.9. The number of H-pyrrole nitrogens is 1. The summed E-state index contributed by atoms with van der Waals surface area (Å²) in [5.74, 6) is 0.544. The summed E-state index contributed by atoms with van der Waals surface area (Å²) >= 11 is 0. The lowest BCUT2D eigenvalue weighted by Crippen LogP contribution is -2.17. The summed E-state index contributed by atoms with van der Waals surface area (Å²) in [4.78, 5) is 6.52. The van der Waals surface area contributed by atoms with E-state index in [4.69, 9.17) is 0 Å². The Hall–Kier alpha value is -0.830. The lowest BCUT2D eigenvalue weighted by atomic mass is 10.1. The standard InChI is InChI=1S/C6H9N2O/c1-6(2,9)5-7-3-4-8-5/h3,9H,1-2H3,(H,7,8). The van der Waals surface area contributed by atoms with Crippen molar-refractivity contribution in [3.8, 4) is 0 Å². The van der Waals surface area contributed by atoms with Crippen molar-refractivity contribution in [3.63, 3.8) is 0 Å². The highest BCUT2D eigenvalue weighted by Gasteiger charge is 2.17. The van der Waals surface area contributed by atoms with Gasteiger partial charge in [-0.2, -0.15) is 0 Å². The van der Waals surface area contributed by atoms with Gasteiger partial charge in [-0.15, -0.1) is 0 Å². The number of nitrogens with zero attached hydrogens (tertiary/aromatic N) is 1. The van der Waals surface area contributed by atoms with E-state index >= 15 is 0 Å². The summed E-state index contributed by atoms with van der Waals surface area (Å²) in [6.45, 7) is 3.33. The van der Waals surface area contributed by atoms with Gasteiger partial charge >= 0.3 is 0 Å². The summed E-state index contributed by atoms with van der Waals surface area (Å²) in [6.07, 6.45) is 4.13. The van der Waals surface area contributed by atoms with Crippen LogP contribution in [0.5, 0.6) is 0 Å². The first-order chi connectivity index (χ1) is 4.11. The highest BCUT2D eigenvalue weighted by atomic mass is 16.3. The Bertz CT molecular complexity index is 173. The Kier molecular flexibility index (Phi) is 1.29. The summed E-state index contributed by atoms with van der Waals surface area (Å²) in [5.41, 5.74) is -0.875. The van der Waals surface area contributed by atoms with E-state index in [1.54, 1.807) is 13.8 Å². The molecule has 9 heavy (non-hydrogen) atoms. The number of aromatic amines is 1. The van der Waals surface area contributed by atoms with Gasteiger partial charge in [0.2, 0.25) is 0 Å². The molecule has 0 saturated carbocycles. The molecular formula is C6H9N2O. The molecule has 2 N–H and O–H groups in total. The van der Waals surface area contributed by atoms with Crippen molar-refractivity contribution in [2.24, 2.45) is 0 Å². The van der Waals surface area contributed by atoms with E-state index in [-0.39, 0.29) is 0 Å². The molecule has 0 bridgehead atoms. The molecule has 1 heterocycles. The van der Waals surface area contributed by atoms with Crippen LogP contribution in [-0.2, 0) is 5.60 Å². The highest BCUT2D eigenvalue weighted by molar-refractivity contribution is 4.96. The Labute approximate surface area is 53.7 Å². The molecule has 1 radical (unpaired) electrons. The van der Waals surface area contributed by atoms with Gasteiger partial charge in [0.15, 0.2) is 0 Å². The van der Waals surface area contributed by atoms with Crippen LogP contribution in [0.2, 0.25) is 0 Å². The van der Waals surface area contributed by atoms with Crippen molar-refractivity contribution in [2.45, 2.75) is 19.4 Å². The second-order valence-corrected chi connectivity index (χ2v) is 2.44. The summed E-state index contributed by atoms with van der Waals surface area (Å²) in [7, 11) is 0. The first kappa shape index (κ1) is 6.29. The third-order valence-electron chi connectivity index (χ3n) is 1.03. The predicted molar refractivity (Wildman–Crippen MR) is 32.7 cm³/mol. The van der Waals surface area contributed by atoms with Gasteiger partial charge < -0.3 is 10.1 Å². The SMILES string of the molecule is CC(C)(O)c1nc[c][nH]1. The van der Waals surface area contributed by atoms with Gasteiger partial charge in [-0.1, -0.05) is 0 Å². The van der Waals surface area contributed by atoms with E-state index in [2.05, 4.69) is 16.2 Å². The van der Waals surface area contributed by atoms with Gasteiger partial charge in [-0.25, -0.2) is 4.98 Å². The number of nitrogens with one attached hydrogen (secondary N) is 1. The molecule has 1 aromatic rings. The number of imidazole rings is 1. The van der Waals surface area contributed by atoms with E-state index in [0.717, 1.165) is 0 Å².